The molecule has 5 rings (SSSR count). The van der Waals surface area contributed by atoms with Crippen LogP contribution in [-0.4, -0.2) is 248 Å². The second-order valence-electron chi connectivity index (χ2n) is 14.4. The Morgan fingerprint density at radius 2 is 0.571 bits per heavy atom. The number of hydrogen-bond donors (Lipinski definition) is 17. The highest BCUT2D eigenvalue weighted by molar-refractivity contribution is 5.01. The zero-order chi connectivity index (χ0) is 41.3. The summed E-state index contributed by atoms with van der Waals surface area (Å²) in [4.78, 5) is 0. The van der Waals surface area contributed by atoms with Crippen molar-refractivity contribution < 1.29 is 104 Å². The summed E-state index contributed by atoms with van der Waals surface area (Å²) < 4.78 is 51.1. The molecule has 26 nitrogen and oxygen atoms in total. The lowest BCUT2D eigenvalue weighted by molar-refractivity contribution is -0.364. The van der Waals surface area contributed by atoms with Crippen LogP contribution in [0.15, 0.2) is 0 Å². The molecule has 22 N–H and O–H groups in total. The molecule has 0 bridgehead atoms. The van der Waals surface area contributed by atoms with Crippen LogP contribution in [0, 0.1) is 0 Å². The Morgan fingerprint density at radius 1 is 0.321 bits per heavy atom. The first-order chi connectivity index (χ1) is 26.5. The van der Waals surface area contributed by atoms with Gasteiger partial charge in [0.1, 0.15) is 91.6 Å². The average molecular weight is 824 g/mol. The summed E-state index contributed by atoms with van der Waals surface area (Å²) in [6.45, 7) is -3.86. The maximum atomic E-state index is 11.3. The average Bonchev–Trinajstić information content (AvgIpc) is 3.19. The van der Waals surface area contributed by atoms with Crippen molar-refractivity contribution in [3.63, 3.8) is 0 Å². The highest BCUT2D eigenvalue weighted by atomic mass is 16.8. The molecule has 25 unspecified atom stereocenters. The first-order valence-corrected chi connectivity index (χ1v) is 18.0. The number of aliphatic hydroxyl groups is 12. The first-order valence-electron chi connectivity index (χ1n) is 18.0. The Bertz CT molecular complexity index is 1220. The van der Waals surface area contributed by atoms with Crippen LogP contribution in [0.1, 0.15) is 0 Å². The lowest BCUT2D eigenvalue weighted by Gasteiger charge is -2.50. The van der Waals surface area contributed by atoms with Gasteiger partial charge < -0.3 is 133 Å². The molecular formula is C30H57N5O21. The molecule has 56 heavy (non-hydrogen) atoms. The molecule has 0 spiro atoms. The zero-order valence-electron chi connectivity index (χ0n) is 29.9. The van der Waals surface area contributed by atoms with E-state index in [1.165, 1.54) is 0 Å². The largest absolute Gasteiger partial charge is 0.394 e. The molecule has 5 aliphatic heterocycles. The van der Waals surface area contributed by atoms with Crippen LogP contribution in [-0.2, 0) is 42.6 Å². The van der Waals surface area contributed by atoms with Crippen molar-refractivity contribution in [3.8, 4) is 0 Å². The van der Waals surface area contributed by atoms with E-state index in [2.05, 4.69) is 0 Å². The van der Waals surface area contributed by atoms with Crippen molar-refractivity contribution in [2.45, 2.75) is 153 Å². The van der Waals surface area contributed by atoms with Crippen molar-refractivity contribution in [3.05, 3.63) is 0 Å². The quantitative estimate of drug-likeness (QED) is 0.0820. The third-order valence-corrected chi connectivity index (χ3v) is 10.7. The van der Waals surface area contributed by atoms with E-state index in [1.54, 1.807) is 0 Å². The smallest absolute Gasteiger partial charge is 0.176 e. The summed E-state index contributed by atoms with van der Waals surface area (Å²) in [6, 6.07) is -7.14. The molecule has 5 fully saturated rings. The van der Waals surface area contributed by atoms with Gasteiger partial charge in [0.15, 0.2) is 31.5 Å². The van der Waals surface area contributed by atoms with Crippen LogP contribution < -0.4 is 28.7 Å². The number of ether oxygens (including phenoxy) is 9. The topological polar surface area (TPSA) is 456 Å². The SMILES string of the molecule is NC1C(OC2C(CO)OC(OC3C(CO)OC(OC4C(CO)OC(OC5C(CO)OC(O)C(N)C5O)C(N)C4O)C(N)C3O)C(N)C2O)OC(CO)C(O)C1O. The summed E-state index contributed by atoms with van der Waals surface area (Å²) in [5, 5.41) is 124. The fraction of sp³-hybridized carbons (Fsp3) is 1.00. The van der Waals surface area contributed by atoms with Gasteiger partial charge in [-0.3, -0.25) is 0 Å². The normalized spacial score (nSPS) is 53.2. The molecule has 5 heterocycles. The van der Waals surface area contributed by atoms with Gasteiger partial charge in [-0.15, -0.1) is 0 Å². The summed E-state index contributed by atoms with van der Waals surface area (Å²) >= 11 is 0. The van der Waals surface area contributed by atoms with Crippen molar-refractivity contribution in [1.82, 2.24) is 0 Å². The molecular weight excluding hydrogens is 766 g/mol. The van der Waals surface area contributed by atoms with Crippen LogP contribution in [0.3, 0.4) is 0 Å². The zero-order valence-corrected chi connectivity index (χ0v) is 29.9. The van der Waals surface area contributed by atoms with E-state index in [1.807, 2.05) is 0 Å². The van der Waals surface area contributed by atoms with E-state index < -0.39 is 186 Å². The molecule has 0 aromatic heterocycles. The summed E-state index contributed by atoms with van der Waals surface area (Å²) in [5.74, 6) is 0. The van der Waals surface area contributed by atoms with Crippen molar-refractivity contribution in [1.29, 1.82) is 0 Å². The summed E-state index contributed by atoms with van der Waals surface area (Å²) in [7, 11) is 0. The first kappa shape index (κ1) is 46.0. The second-order valence-corrected chi connectivity index (χ2v) is 14.4. The van der Waals surface area contributed by atoms with Crippen molar-refractivity contribution in [2.75, 3.05) is 33.0 Å². The fourth-order valence-electron chi connectivity index (χ4n) is 7.25. The van der Waals surface area contributed by atoms with E-state index in [4.69, 9.17) is 71.3 Å². The van der Waals surface area contributed by atoms with E-state index >= 15 is 0 Å². The minimum atomic E-state index is -1.74. The monoisotopic (exact) mass is 823 g/mol. The fourth-order valence-corrected chi connectivity index (χ4v) is 7.25. The number of aliphatic hydroxyl groups excluding tert-OH is 12. The van der Waals surface area contributed by atoms with E-state index in [9.17, 15) is 61.3 Å². The molecule has 0 aliphatic carbocycles. The number of nitrogens with two attached hydrogens (primary N) is 5. The van der Waals surface area contributed by atoms with Gasteiger partial charge in [0.25, 0.3) is 0 Å². The Kier molecular flexibility index (Phi) is 16.1. The third kappa shape index (κ3) is 9.16. The highest BCUT2D eigenvalue weighted by Crippen LogP contribution is 2.34. The van der Waals surface area contributed by atoms with Gasteiger partial charge in [-0.1, -0.05) is 0 Å². The molecule has 0 amide bonds. The van der Waals surface area contributed by atoms with Gasteiger partial charge in [0.05, 0.1) is 63.2 Å². The summed E-state index contributed by atoms with van der Waals surface area (Å²) in [6.07, 6.45) is -30.5. The molecule has 5 aliphatic rings. The molecule has 0 radical (unpaired) electrons. The summed E-state index contributed by atoms with van der Waals surface area (Å²) in [5.41, 5.74) is 30.4. The Morgan fingerprint density at radius 3 is 0.875 bits per heavy atom. The van der Waals surface area contributed by atoms with Crippen LogP contribution >= 0.6 is 0 Å². The Balaban J connectivity index is 1.22. The Hall–Kier alpha value is -1.04. The Labute approximate surface area is 319 Å². The lowest BCUT2D eigenvalue weighted by Crippen LogP contribution is -2.70. The highest BCUT2D eigenvalue weighted by Gasteiger charge is 2.55. The van der Waals surface area contributed by atoms with Gasteiger partial charge in [-0.25, -0.2) is 0 Å². The predicted molar refractivity (Wildman–Crippen MR) is 176 cm³/mol. The second kappa shape index (κ2) is 19.6. The molecule has 0 aromatic rings. The van der Waals surface area contributed by atoms with Gasteiger partial charge in [0.2, 0.25) is 0 Å². The molecule has 25 atom stereocenters. The third-order valence-electron chi connectivity index (χ3n) is 10.7. The maximum Gasteiger partial charge on any atom is 0.176 e. The standard InChI is InChI=1S/C30H57N5O21/c31-11-18(43)22(7(2-37)48-26(11)47)53-28-13(33)20(45)24(9(4-39)50-28)55-30-15(35)21(46)25(10(5-40)52-30)56-29-14(34)19(44)23(8(3-38)51-29)54-27-12(32)17(42)16(41)6(1-36)49-27/h6-30,36-47H,1-5,31-35H2. The minimum absolute atomic E-state index is 0.711. The lowest BCUT2D eigenvalue weighted by atomic mass is 9.94. The molecule has 0 aromatic carbocycles. The number of rotatable bonds is 13. The molecule has 328 valence electrons. The van der Waals surface area contributed by atoms with Gasteiger partial charge >= 0.3 is 0 Å². The van der Waals surface area contributed by atoms with Gasteiger partial charge in [-0.2, -0.15) is 0 Å². The van der Waals surface area contributed by atoms with E-state index in [0.717, 1.165) is 0 Å². The van der Waals surface area contributed by atoms with Crippen LogP contribution in [0.25, 0.3) is 0 Å². The maximum absolute atomic E-state index is 11.3. The van der Waals surface area contributed by atoms with Crippen LogP contribution in [0.5, 0.6) is 0 Å². The minimum Gasteiger partial charge on any atom is -0.394 e. The predicted octanol–water partition coefficient (Wildman–Crippen LogP) is -12.1. The number of hydrogen-bond acceptors (Lipinski definition) is 26. The molecule has 26 heteroatoms. The van der Waals surface area contributed by atoms with Crippen LogP contribution in [0.2, 0.25) is 0 Å². The molecule has 5 saturated heterocycles. The van der Waals surface area contributed by atoms with Crippen molar-refractivity contribution >= 4 is 0 Å². The van der Waals surface area contributed by atoms with Gasteiger partial charge in [0, 0.05) is 0 Å². The molecule has 0 saturated carbocycles. The van der Waals surface area contributed by atoms with Crippen molar-refractivity contribution in [2.24, 2.45) is 28.7 Å². The van der Waals surface area contributed by atoms with Gasteiger partial charge in [-0.05, 0) is 0 Å². The van der Waals surface area contributed by atoms with E-state index in [-0.39, 0.29) is 0 Å². The van der Waals surface area contributed by atoms with E-state index in [0.29, 0.717) is 0 Å². The van der Waals surface area contributed by atoms with Crippen LogP contribution in [0.4, 0.5) is 0 Å².